The van der Waals surface area contributed by atoms with Gasteiger partial charge in [0.1, 0.15) is 6.54 Å². The van der Waals surface area contributed by atoms with Gasteiger partial charge in [-0.05, 0) is 82.8 Å². The van der Waals surface area contributed by atoms with Gasteiger partial charge in [-0.1, -0.05) is 6.07 Å². The van der Waals surface area contributed by atoms with Crippen LogP contribution in [0.15, 0.2) is 46.2 Å². The molecule has 5 rings (SSSR count). The summed E-state index contributed by atoms with van der Waals surface area (Å²) in [6.07, 6.45) is -4.76. The number of carboxylic acids is 1. The lowest BCUT2D eigenvalue weighted by Crippen LogP contribution is -2.55. The Bertz CT molecular complexity index is 1630. The predicted octanol–water partition coefficient (Wildman–Crippen LogP) is 2.31. The van der Waals surface area contributed by atoms with Crippen molar-refractivity contribution >= 4 is 46.9 Å². The molecule has 2 N–H and O–H groups in total. The first-order valence-corrected chi connectivity index (χ1v) is 14.9. The predicted molar refractivity (Wildman–Crippen MR) is 148 cm³/mol. The second kappa shape index (κ2) is 9.80. The Morgan fingerprint density at radius 2 is 1.33 bits per heavy atom. The molecule has 0 spiro atoms. The number of alkyl halides is 3. The van der Waals surface area contributed by atoms with Gasteiger partial charge in [-0.3, -0.25) is 9.59 Å². The van der Waals surface area contributed by atoms with Crippen molar-refractivity contribution < 1.29 is 54.9 Å². The topological polar surface area (TPSA) is 137 Å². The summed E-state index contributed by atoms with van der Waals surface area (Å²) in [6.45, 7) is 9.77. The van der Waals surface area contributed by atoms with E-state index in [9.17, 15) is 31.2 Å². The van der Waals surface area contributed by atoms with Crippen LogP contribution in [0.4, 0.5) is 13.2 Å². The fourth-order valence-electron chi connectivity index (χ4n) is 5.53. The van der Waals surface area contributed by atoms with Gasteiger partial charge >= 0.3 is 26.4 Å². The lowest BCUT2D eigenvalue weighted by Gasteiger charge is -2.45. The first-order valence-electron chi connectivity index (χ1n) is 13.4. The molecule has 1 amide bonds. The summed E-state index contributed by atoms with van der Waals surface area (Å²) in [5, 5.41) is 11.2. The van der Waals surface area contributed by atoms with E-state index < -0.39 is 86.4 Å². The number of carbonyl (C=O) groups is 2. The highest BCUT2D eigenvalue weighted by Crippen LogP contribution is 2.49. The standard InChI is InChI=1S/C27H30B2F3NO9S/c1-23(2)25(5)14-26(6)24(3,4)40-29(42-26)18-9-16(27(30,31)32)10-20(12-18)43(37,38)19-8-15(22(36)33-13-21(34)35)7-17(11-19)28(39-23)41-25/h7-12H,13-14H2,1-6H3,(H,33,36)(H,34,35). The van der Waals surface area contributed by atoms with Crippen molar-refractivity contribution in [2.75, 3.05) is 6.54 Å². The van der Waals surface area contributed by atoms with Crippen LogP contribution in [-0.4, -0.2) is 68.6 Å². The van der Waals surface area contributed by atoms with E-state index in [0.29, 0.717) is 6.07 Å². The van der Waals surface area contributed by atoms with Gasteiger partial charge in [0.25, 0.3) is 5.91 Å². The third-order valence-electron chi connectivity index (χ3n) is 8.77. The van der Waals surface area contributed by atoms with Crippen LogP contribution >= 0.6 is 0 Å². The Morgan fingerprint density at radius 3 is 1.81 bits per heavy atom. The Hall–Kier alpha value is -2.91. The number of carbonyl (C=O) groups excluding carboxylic acids is 1. The summed E-state index contributed by atoms with van der Waals surface area (Å²) in [6, 6.07) is 5.79. The number of rotatable bonds is 3. The van der Waals surface area contributed by atoms with Crippen molar-refractivity contribution in [3.8, 4) is 0 Å². The minimum absolute atomic E-state index is 0.0912. The molecular weight excluding hydrogens is 593 g/mol. The number of hydrogen-bond acceptors (Lipinski definition) is 8. The lowest BCUT2D eigenvalue weighted by atomic mass is 9.73. The SMILES string of the molecule is CC1(C)OB2OC1(C)CC1(C)OB(OC1(C)C)c1cc(C(F)(F)F)cc(c1)S(=O)(=O)c1cc2cc(C(=O)NCC(=O)O)c1. The molecule has 2 saturated heterocycles. The van der Waals surface area contributed by atoms with Crippen LogP contribution in [0.25, 0.3) is 0 Å². The maximum absolute atomic E-state index is 14.1. The number of sulfone groups is 1. The second-order valence-corrected chi connectivity index (χ2v) is 14.4. The third-order valence-corrected chi connectivity index (χ3v) is 10.5. The second-order valence-electron chi connectivity index (χ2n) is 12.5. The Morgan fingerprint density at radius 1 is 0.837 bits per heavy atom. The number of hydrogen-bond donors (Lipinski definition) is 2. The van der Waals surface area contributed by atoms with Gasteiger partial charge in [-0.15, -0.1) is 0 Å². The summed E-state index contributed by atoms with van der Waals surface area (Å²) in [4.78, 5) is 22.7. The molecule has 2 atom stereocenters. The molecule has 3 aliphatic heterocycles. The van der Waals surface area contributed by atoms with Crippen molar-refractivity contribution in [1.82, 2.24) is 5.32 Å². The van der Waals surface area contributed by atoms with E-state index in [4.69, 9.17) is 23.7 Å². The average Bonchev–Trinajstić information content (AvgIpc) is 3.27. The number of fused-ring (bicyclic) bond motifs is 10. The maximum atomic E-state index is 14.1. The lowest BCUT2D eigenvalue weighted by molar-refractivity contribution is -0.138. The number of nitrogens with one attached hydrogen (secondary N) is 1. The van der Waals surface area contributed by atoms with Crippen LogP contribution < -0.4 is 16.2 Å². The molecule has 2 aromatic rings. The summed E-state index contributed by atoms with van der Waals surface area (Å²) in [5.41, 5.74) is -5.90. The first-order chi connectivity index (χ1) is 19.6. The molecule has 8 bridgehead atoms. The Kier molecular flexibility index (Phi) is 7.18. The van der Waals surface area contributed by atoms with Crippen molar-refractivity contribution in [2.24, 2.45) is 0 Å². The normalized spacial score (nSPS) is 27.0. The van der Waals surface area contributed by atoms with Crippen molar-refractivity contribution in [1.29, 1.82) is 0 Å². The molecule has 2 unspecified atom stereocenters. The third kappa shape index (κ3) is 5.37. The largest absolute Gasteiger partial charge is 0.494 e. The van der Waals surface area contributed by atoms with E-state index in [1.807, 2.05) is 0 Å². The van der Waals surface area contributed by atoms with Crippen molar-refractivity contribution in [3.63, 3.8) is 0 Å². The molecule has 0 aromatic heterocycles. The van der Waals surface area contributed by atoms with E-state index in [0.717, 1.165) is 18.2 Å². The van der Waals surface area contributed by atoms with Crippen LogP contribution in [0.5, 0.6) is 0 Å². The fourth-order valence-corrected chi connectivity index (χ4v) is 6.95. The monoisotopic (exact) mass is 623 g/mol. The zero-order chi connectivity index (χ0) is 32.0. The molecule has 0 aliphatic carbocycles. The highest BCUT2D eigenvalue weighted by molar-refractivity contribution is 7.91. The highest BCUT2D eigenvalue weighted by Gasteiger charge is 2.63. The zero-order valence-electron chi connectivity index (χ0n) is 24.3. The number of amides is 1. The van der Waals surface area contributed by atoms with Crippen LogP contribution in [0.2, 0.25) is 0 Å². The number of benzene rings is 2. The van der Waals surface area contributed by atoms with Gasteiger partial charge < -0.3 is 29.0 Å². The van der Waals surface area contributed by atoms with Gasteiger partial charge in [0, 0.05) is 12.0 Å². The van der Waals surface area contributed by atoms with Gasteiger partial charge in [-0.25, -0.2) is 8.42 Å². The number of aliphatic carboxylic acids is 1. The van der Waals surface area contributed by atoms with Gasteiger partial charge in [0.15, 0.2) is 0 Å². The van der Waals surface area contributed by atoms with Crippen LogP contribution in [0.1, 0.15) is 63.9 Å². The van der Waals surface area contributed by atoms with E-state index in [2.05, 4.69) is 5.32 Å². The molecule has 230 valence electrons. The average molecular weight is 623 g/mol. The summed E-state index contributed by atoms with van der Waals surface area (Å²) in [7, 11) is -7.28. The molecule has 2 aromatic carbocycles. The molecule has 3 aliphatic rings. The van der Waals surface area contributed by atoms with Gasteiger partial charge in [0.05, 0.1) is 37.8 Å². The molecular formula is C27H30B2F3NO9S. The quantitative estimate of drug-likeness (QED) is 0.494. The van der Waals surface area contributed by atoms with Gasteiger partial charge in [0.2, 0.25) is 9.84 Å². The number of halogens is 3. The first kappa shape index (κ1) is 31.5. The Labute approximate surface area is 247 Å². The molecule has 10 nitrogen and oxygen atoms in total. The molecule has 3 heterocycles. The van der Waals surface area contributed by atoms with Crippen LogP contribution in [0.3, 0.4) is 0 Å². The van der Waals surface area contributed by atoms with Gasteiger partial charge in [-0.2, -0.15) is 13.2 Å². The number of carboxylic acid groups (broad SMARTS) is 1. The Balaban J connectivity index is 1.79. The van der Waals surface area contributed by atoms with E-state index in [1.165, 1.54) is 12.1 Å². The van der Waals surface area contributed by atoms with Crippen LogP contribution in [0, 0.1) is 0 Å². The summed E-state index contributed by atoms with van der Waals surface area (Å²) < 4.78 is 95.4. The van der Waals surface area contributed by atoms with Crippen LogP contribution in [-0.2, 0) is 39.4 Å². The maximum Gasteiger partial charge on any atom is 0.494 e. The molecule has 2 fully saturated rings. The summed E-state index contributed by atoms with van der Waals surface area (Å²) in [5.74, 6) is -2.25. The molecule has 16 heteroatoms. The summed E-state index contributed by atoms with van der Waals surface area (Å²) >= 11 is 0. The van der Waals surface area contributed by atoms with Crippen molar-refractivity contribution in [3.05, 3.63) is 47.5 Å². The minimum atomic E-state index is -4.91. The fraction of sp³-hybridized carbons (Fsp3) is 0.481. The van der Waals surface area contributed by atoms with Crippen molar-refractivity contribution in [2.45, 2.75) is 86.3 Å². The molecule has 43 heavy (non-hydrogen) atoms. The van der Waals surface area contributed by atoms with E-state index in [-0.39, 0.29) is 22.9 Å². The zero-order valence-corrected chi connectivity index (χ0v) is 25.1. The highest BCUT2D eigenvalue weighted by atomic mass is 32.2. The molecule has 0 radical (unpaired) electrons. The van der Waals surface area contributed by atoms with E-state index >= 15 is 0 Å². The minimum Gasteiger partial charge on any atom is -0.480 e. The van der Waals surface area contributed by atoms with E-state index in [1.54, 1.807) is 41.5 Å². The smallest absolute Gasteiger partial charge is 0.480 e. The molecule has 0 saturated carbocycles.